The molecule has 0 aliphatic carbocycles. The molecule has 23 heavy (non-hydrogen) atoms. The van der Waals surface area contributed by atoms with Crippen LogP contribution in [0.25, 0.3) is 6.08 Å². The third kappa shape index (κ3) is 5.14. The van der Waals surface area contributed by atoms with Crippen molar-refractivity contribution in [3.05, 3.63) is 76.9 Å². The van der Waals surface area contributed by atoms with Crippen molar-refractivity contribution in [1.82, 2.24) is 0 Å². The van der Waals surface area contributed by atoms with E-state index < -0.39 is 0 Å². The Labute approximate surface area is 136 Å². The van der Waals surface area contributed by atoms with Crippen LogP contribution in [0.2, 0.25) is 0 Å². The lowest BCUT2D eigenvalue weighted by Gasteiger charge is -1.98. The summed E-state index contributed by atoms with van der Waals surface area (Å²) in [7, 11) is 1.36. The summed E-state index contributed by atoms with van der Waals surface area (Å²) >= 11 is 0. The number of carbonyl (C=O) groups excluding carboxylic acids is 1. The zero-order valence-corrected chi connectivity index (χ0v) is 13.0. The summed E-state index contributed by atoms with van der Waals surface area (Å²) in [6.07, 6.45) is 4.39. The number of rotatable bonds is 4. The van der Waals surface area contributed by atoms with Gasteiger partial charge in [-0.25, -0.2) is 4.79 Å². The lowest BCUT2D eigenvalue weighted by Crippen LogP contribution is -2.00. The Morgan fingerprint density at radius 2 is 1.83 bits per heavy atom. The van der Waals surface area contributed by atoms with Crippen molar-refractivity contribution in [3.8, 4) is 11.8 Å². The lowest BCUT2D eigenvalue weighted by atomic mass is 10.1. The number of hydrogen-bond donors (Lipinski definition) is 1. The SMILES string of the molecule is COC(=O)c1ccc(C#CC=Cc2ccc(CCO)cc2)cc1. The first kappa shape index (κ1) is 16.5. The van der Waals surface area contributed by atoms with E-state index in [0.717, 1.165) is 16.7 Å². The number of aliphatic hydroxyl groups is 1. The van der Waals surface area contributed by atoms with Crippen LogP contribution in [0.15, 0.2) is 54.6 Å². The highest BCUT2D eigenvalue weighted by atomic mass is 16.5. The molecule has 0 amide bonds. The average molecular weight is 306 g/mol. The minimum Gasteiger partial charge on any atom is -0.465 e. The Morgan fingerprint density at radius 1 is 1.13 bits per heavy atom. The van der Waals surface area contributed by atoms with Gasteiger partial charge in [-0.3, -0.25) is 0 Å². The van der Waals surface area contributed by atoms with Crippen molar-refractivity contribution in [2.45, 2.75) is 6.42 Å². The van der Waals surface area contributed by atoms with Crippen LogP contribution < -0.4 is 0 Å². The maximum absolute atomic E-state index is 11.3. The Hall–Kier alpha value is -2.83. The summed E-state index contributed by atoms with van der Waals surface area (Å²) in [6, 6.07) is 14.9. The van der Waals surface area contributed by atoms with Gasteiger partial charge in [-0.1, -0.05) is 36.1 Å². The number of hydrogen-bond acceptors (Lipinski definition) is 3. The smallest absolute Gasteiger partial charge is 0.337 e. The van der Waals surface area contributed by atoms with E-state index in [4.69, 9.17) is 5.11 Å². The topological polar surface area (TPSA) is 46.5 Å². The van der Waals surface area contributed by atoms with E-state index in [2.05, 4.69) is 16.6 Å². The van der Waals surface area contributed by atoms with E-state index in [1.165, 1.54) is 7.11 Å². The van der Waals surface area contributed by atoms with Gasteiger partial charge in [0.15, 0.2) is 0 Å². The largest absolute Gasteiger partial charge is 0.465 e. The van der Waals surface area contributed by atoms with Gasteiger partial charge in [0, 0.05) is 12.2 Å². The Bertz CT molecular complexity index is 729. The molecule has 0 saturated carbocycles. The molecule has 116 valence electrons. The summed E-state index contributed by atoms with van der Waals surface area (Å²) in [5, 5.41) is 8.87. The molecule has 0 aromatic heterocycles. The van der Waals surface area contributed by atoms with Crippen LogP contribution in [0.4, 0.5) is 0 Å². The van der Waals surface area contributed by atoms with E-state index in [1.807, 2.05) is 30.3 Å². The van der Waals surface area contributed by atoms with Crippen LogP contribution >= 0.6 is 0 Å². The minimum atomic E-state index is -0.353. The molecule has 0 spiro atoms. The van der Waals surface area contributed by atoms with Crippen LogP contribution in [0.5, 0.6) is 0 Å². The highest BCUT2D eigenvalue weighted by molar-refractivity contribution is 5.89. The molecule has 0 radical (unpaired) electrons. The van der Waals surface area contributed by atoms with Crippen molar-refractivity contribution in [1.29, 1.82) is 0 Å². The van der Waals surface area contributed by atoms with E-state index in [1.54, 1.807) is 30.3 Å². The number of esters is 1. The summed E-state index contributed by atoms with van der Waals surface area (Å²) in [4.78, 5) is 11.3. The van der Waals surface area contributed by atoms with Gasteiger partial charge in [-0.2, -0.15) is 0 Å². The average Bonchev–Trinajstić information content (AvgIpc) is 2.60. The molecule has 3 heteroatoms. The highest BCUT2D eigenvalue weighted by Crippen LogP contribution is 2.07. The summed E-state index contributed by atoms with van der Waals surface area (Å²) in [6.45, 7) is 0.162. The summed E-state index contributed by atoms with van der Waals surface area (Å²) < 4.78 is 4.65. The third-order valence-corrected chi connectivity index (χ3v) is 3.26. The molecule has 0 unspecified atom stereocenters. The Morgan fingerprint density at radius 3 is 2.43 bits per heavy atom. The van der Waals surface area contributed by atoms with Gasteiger partial charge in [0.1, 0.15) is 0 Å². The molecule has 2 aromatic rings. The predicted octanol–water partition coefficient (Wildman–Crippen LogP) is 3.07. The van der Waals surface area contributed by atoms with Gasteiger partial charge in [0.05, 0.1) is 12.7 Å². The van der Waals surface area contributed by atoms with Crippen LogP contribution in [-0.2, 0) is 11.2 Å². The van der Waals surface area contributed by atoms with Gasteiger partial charge in [-0.15, -0.1) is 0 Å². The molecule has 0 fully saturated rings. The van der Waals surface area contributed by atoms with Gasteiger partial charge in [-0.05, 0) is 54.0 Å². The van der Waals surface area contributed by atoms with E-state index in [-0.39, 0.29) is 12.6 Å². The maximum atomic E-state index is 11.3. The number of aliphatic hydroxyl groups excluding tert-OH is 1. The minimum absolute atomic E-state index is 0.162. The fourth-order valence-corrected chi connectivity index (χ4v) is 1.99. The highest BCUT2D eigenvalue weighted by Gasteiger charge is 2.02. The molecule has 0 atom stereocenters. The first-order valence-corrected chi connectivity index (χ1v) is 7.29. The van der Waals surface area contributed by atoms with Gasteiger partial charge in [0.2, 0.25) is 0 Å². The van der Waals surface area contributed by atoms with Crippen LogP contribution in [-0.4, -0.2) is 24.8 Å². The maximum Gasteiger partial charge on any atom is 0.337 e. The van der Waals surface area contributed by atoms with Gasteiger partial charge in [0.25, 0.3) is 0 Å². The van der Waals surface area contributed by atoms with Crippen molar-refractivity contribution >= 4 is 12.0 Å². The summed E-state index contributed by atoms with van der Waals surface area (Å²) in [5.41, 5.74) is 3.51. The second-order valence-electron chi connectivity index (χ2n) is 4.89. The normalized spacial score (nSPS) is 10.2. The second kappa shape index (κ2) is 8.57. The van der Waals surface area contributed by atoms with Gasteiger partial charge < -0.3 is 9.84 Å². The first-order chi connectivity index (χ1) is 11.2. The van der Waals surface area contributed by atoms with Crippen molar-refractivity contribution < 1.29 is 14.6 Å². The Kier molecular flexibility index (Phi) is 6.17. The monoisotopic (exact) mass is 306 g/mol. The molecule has 0 heterocycles. The zero-order chi connectivity index (χ0) is 16.5. The molecule has 2 rings (SSSR count). The third-order valence-electron chi connectivity index (χ3n) is 3.26. The van der Waals surface area contributed by atoms with Crippen molar-refractivity contribution in [2.75, 3.05) is 13.7 Å². The molecular weight excluding hydrogens is 288 g/mol. The molecule has 2 aromatic carbocycles. The number of carbonyl (C=O) groups is 1. The van der Waals surface area contributed by atoms with E-state index >= 15 is 0 Å². The lowest BCUT2D eigenvalue weighted by molar-refractivity contribution is 0.0600. The standard InChI is InChI=1S/C20H18O3/c1-23-20(22)19-12-10-17(11-13-19)5-3-2-4-16-6-8-18(9-7-16)14-15-21/h2,4,6-13,21H,14-15H2,1H3. The first-order valence-electron chi connectivity index (χ1n) is 7.29. The molecule has 0 aliphatic heterocycles. The molecule has 0 saturated heterocycles. The van der Waals surface area contributed by atoms with Crippen LogP contribution in [0.3, 0.4) is 0 Å². The number of methoxy groups -OCH3 is 1. The zero-order valence-electron chi connectivity index (χ0n) is 13.0. The van der Waals surface area contributed by atoms with E-state index in [0.29, 0.717) is 12.0 Å². The van der Waals surface area contributed by atoms with Crippen LogP contribution in [0, 0.1) is 11.8 Å². The molecule has 0 bridgehead atoms. The molecule has 3 nitrogen and oxygen atoms in total. The fourth-order valence-electron chi connectivity index (χ4n) is 1.99. The quantitative estimate of drug-likeness (QED) is 0.697. The summed E-state index contributed by atoms with van der Waals surface area (Å²) in [5.74, 6) is 5.62. The fraction of sp³-hybridized carbons (Fsp3) is 0.150. The van der Waals surface area contributed by atoms with Crippen molar-refractivity contribution in [2.24, 2.45) is 0 Å². The van der Waals surface area contributed by atoms with Crippen molar-refractivity contribution in [3.63, 3.8) is 0 Å². The predicted molar refractivity (Wildman–Crippen MR) is 90.9 cm³/mol. The Balaban J connectivity index is 1.97. The van der Waals surface area contributed by atoms with Crippen LogP contribution in [0.1, 0.15) is 27.0 Å². The molecule has 1 N–H and O–H groups in total. The van der Waals surface area contributed by atoms with E-state index in [9.17, 15) is 4.79 Å². The number of ether oxygens (including phenoxy) is 1. The molecular formula is C20H18O3. The number of allylic oxidation sites excluding steroid dienone is 1. The number of benzene rings is 2. The second-order valence-corrected chi connectivity index (χ2v) is 4.89. The van der Waals surface area contributed by atoms with Gasteiger partial charge >= 0.3 is 5.97 Å². The molecule has 0 aliphatic rings.